The largest absolute Gasteiger partial charge is 0.326 e. The van der Waals surface area contributed by atoms with Crippen molar-refractivity contribution in [1.29, 1.82) is 0 Å². The van der Waals surface area contributed by atoms with Gasteiger partial charge in [0.2, 0.25) is 5.91 Å². The molecule has 94 valence electrons. The minimum Gasteiger partial charge on any atom is -0.326 e. The molecule has 1 heterocycles. The van der Waals surface area contributed by atoms with E-state index in [2.05, 4.69) is 15.5 Å². The molecule has 1 aromatic heterocycles. The van der Waals surface area contributed by atoms with E-state index in [1.165, 1.54) is 4.80 Å². The summed E-state index contributed by atoms with van der Waals surface area (Å²) >= 11 is 5.63. The Labute approximate surface area is 110 Å². The molecule has 2 rings (SSSR count). The molecule has 0 fully saturated rings. The molecule has 0 saturated carbocycles. The first kappa shape index (κ1) is 12.6. The highest BCUT2D eigenvalue weighted by molar-refractivity contribution is 6.19. The highest BCUT2D eigenvalue weighted by Gasteiger charge is 2.11. The van der Waals surface area contributed by atoms with Crippen LogP contribution in [0.4, 0.5) is 5.69 Å². The lowest BCUT2D eigenvalue weighted by Crippen LogP contribution is -2.21. The first-order valence-corrected chi connectivity index (χ1v) is 6.07. The Morgan fingerprint density at radius 3 is 2.50 bits per heavy atom. The van der Waals surface area contributed by atoms with Crippen molar-refractivity contribution in [2.24, 2.45) is 5.92 Å². The van der Waals surface area contributed by atoms with Gasteiger partial charge in [-0.15, -0.1) is 11.6 Å². The van der Waals surface area contributed by atoms with Crippen LogP contribution in [0.1, 0.15) is 6.92 Å². The fraction of sp³-hybridized carbons (Fsp3) is 0.250. The van der Waals surface area contributed by atoms with Crippen LogP contribution in [0.15, 0.2) is 36.7 Å². The summed E-state index contributed by atoms with van der Waals surface area (Å²) in [6.07, 6.45) is 3.22. The molecule has 6 heteroatoms. The molecule has 1 aromatic carbocycles. The van der Waals surface area contributed by atoms with E-state index in [-0.39, 0.29) is 11.8 Å². The maximum absolute atomic E-state index is 11.6. The molecule has 18 heavy (non-hydrogen) atoms. The number of carbonyl (C=O) groups is 1. The summed E-state index contributed by atoms with van der Waals surface area (Å²) in [5.41, 5.74) is 1.57. The molecule has 0 saturated heterocycles. The van der Waals surface area contributed by atoms with Crippen LogP contribution in [-0.2, 0) is 4.79 Å². The van der Waals surface area contributed by atoms with Gasteiger partial charge in [-0.2, -0.15) is 15.0 Å². The molecule has 1 atom stereocenters. The van der Waals surface area contributed by atoms with Crippen molar-refractivity contribution in [3.8, 4) is 5.69 Å². The highest BCUT2D eigenvalue weighted by Crippen LogP contribution is 2.13. The van der Waals surface area contributed by atoms with Gasteiger partial charge in [0, 0.05) is 17.5 Å². The summed E-state index contributed by atoms with van der Waals surface area (Å²) in [5, 5.41) is 10.8. The quantitative estimate of drug-likeness (QED) is 0.860. The first-order chi connectivity index (χ1) is 8.70. The predicted molar refractivity (Wildman–Crippen MR) is 69.9 cm³/mol. The molecule has 1 amide bonds. The van der Waals surface area contributed by atoms with E-state index >= 15 is 0 Å². The second-order valence-corrected chi connectivity index (χ2v) is 4.22. The summed E-state index contributed by atoms with van der Waals surface area (Å²) in [6.45, 7) is 1.78. The minimum absolute atomic E-state index is 0.0880. The monoisotopic (exact) mass is 264 g/mol. The maximum Gasteiger partial charge on any atom is 0.228 e. The van der Waals surface area contributed by atoms with Gasteiger partial charge in [0.25, 0.3) is 0 Å². The fourth-order valence-corrected chi connectivity index (χ4v) is 1.50. The Bertz CT molecular complexity index is 509. The van der Waals surface area contributed by atoms with Gasteiger partial charge >= 0.3 is 0 Å². The number of anilines is 1. The lowest BCUT2D eigenvalue weighted by atomic mass is 10.2. The first-order valence-electron chi connectivity index (χ1n) is 5.54. The molecular formula is C12H13ClN4O. The van der Waals surface area contributed by atoms with Crippen molar-refractivity contribution in [1.82, 2.24) is 15.0 Å². The fourth-order valence-electron chi connectivity index (χ4n) is 1.36. The summed E-state index contributed by atoms with van der Waals surface area (Å²) in [4.78, 5) is 13.1. The minimum atomic E-state index is -0.209. The summed E-state index contributed by atoms with van der Waals surface area (Å²) < 4.78 is 0. The van der Waals surface area contributed by atoms with E-state index in [0.717, 1.165) is 11.4 Å². The Balaban J connectivity index is 2.06. The van der Waals surface area contributed by atoms with Crippen LogP contribution in [0.2, 0.25) is 0 Å². The van der Waals surface area contributed by atoms with Crippen LogP contribution in [0.5, 0.6) is 0 Å². The Morgan fingerprint density at radius 2 is 1.94 bits per heavy atom. The van der Waals surface area contributed by atoms with Gasteiger partial charge in [-0.3, -0.25) is 4.79 Å². The van der Waals surface area contributed by atoms with Gasteiger partial charge in [-0.1, -0.05) is 6.92 Å². The Kier molecular flexibility index (Phi) is 3.94. The zero-order chi connectivity index (χ0) is 13.0. The maximum atomic E-state index is 11.6. The average molecular weight is 265 g/mol. The van der Waals surface area contributed by atoms with E-state index in [4.69, 9.17) is 11.6 Å². The number of carbonyl (C=O) groups excluding carboxylic acids is 1. The second-order valence-electron chi connectivity index (χ2n) is 3.91. The van der Waals surface area contributed by atoms with Crippen molar-refractivity contribution in [3.05, 3.63) is 36.7 Å². The van der Waals surface area contributed by atoms with Crippen LogP contribution in [-0.4, -0.2) is 26.8 Å². The van der Waals surface area contributed by atoms with Crippen molar-refractivity contribution in [2.45, 2.75) is 6.92 Å². The zero-order valence-electron chi connectivity index (χ0n) is 9.88. The lowest BCUT2D eigenvalue weighted by Gasteiger charge is -2.09. The van der Waals surface area contributed by atoms with Gasteiger partial charge in [0.05, 0.1) is 18.1 Å². The molecular weight excluding hydrogens is 252 g/mol. The van der Waals surface area contributed by atoms with Crippen LogP contribution in [0.25, 0.3) is 5.69 Å². The third-order valence-electron chi connectivity index (χ3n) is 2.46. The molecule has 0 aliphatic carbocycles. The number of benzene rings is 1. The van der Waals surface area contributed by atoms with Crippen molar-refractivity contribution in [3.63, 3.8) is 0 Å². The zero-order valence-corrected chi connectivity index (χ0v) is 10.6. The van der Waals surface area contributed by atoms with Gasteiger partial charge in [-0.25, -0.2) is 0 Å². The number of hydrogen-bond acceptors (Lipinski definition) is 3. The number of nitrogens with one attached hydrogen (secondary N) is 1. The average Bonchev–Trinajstić information content (AvgIpc) is 2.92. The van der Waals surface area contributed by atoms with E-state index in [1.807, 2.05) is 12.1 Å². The number of halogens is 1. The standard InChI is InChI=1S/C12H13ClN4O/c1-9(8-13)12(18)16-10-2-4-11(5-3-10)17-14-6-7-15-17/h2-7,9H,8H2,1H3,(H,16,18). The van der Waals surface area contributed by atoms with E-state index in [9.17, 15) is 4.79 Å². The number of aromatic nitrogens is 3. The molecule has 0 bridgehead atoms. The number of nitrogens with zero attached hydrogens (tertiary/aromatic N) is 3. The summed E-state index contributed by atoms with van der Waals surface area (Å²) in [6, 6.07) is 7.27. The van der Waals surface area contributed by atoms with Gasteiger partial charge in [0.15, 0.2) is 0 Å². The van der Waals surface area contributed by atoms with Crippen LogP contribution in [0.3, 0.4) is 0 Å². The van der Waals surface area contributed by atoms with Crippen molar-refractivity contribution >= 4 is 23.2 Å². The van der Waals surface area contributed by atoms with Crippen LogP contribution < -0.4 is 5.32 Å². The van der Waals surface area contributed by atoms with Gasteiger partial charge in [-0.05, 0) is 24.3 Å². The van der Waals surface area contributed by atoms with Gasteiger partial charge < -0.3 is 5.32 Å². The number of hydrogen-bond donors (Lipinski definition) is 1. The van der Waals surface area contributed by atoms with E-state index < -0.39 is 0 Å². The highest BCUT2D eigenvalue weighted by atomic mass is 35.5. The molecule has 0 radical (unpaired) electrons. The smallest absolute Gasteiger partial charge is 0.228 e. The molecule has 5 nitrogen and oxygen atoms in total. The molecule has 0 aliphatic rings. The number of alkyl halides is 1. The van der Waals surface area contributed by atoms with E-state index in [0.29, 0.717) is 5.88 Å². The molecule has 2 aromatic rings. The van der Waals surface area contributed by atoms with Crippen LogP contribution >= 0.6 is 11.6 Å². The Hall–Kier alpha value is -1.88. The SMILES string of the molecule is CC(CCl)C(=O)Nc1ccc(-n2nccn2)cc1. The Morgan fingerprint density at radius 1 is 1.33 bits per heavy atom. The number of amides is 1. The van der Waals surface area contributed by atoms with Crippen molar-refractivity contribution in [2.75, 3.05) is 11.2 Å². The summed E-state index contributed by atoms with van der Waals surface area (Å²) in [5.74, 6) is 0.00953. The van der Waals surface area contributed by atoms with Crippen LogP contribution in [0, 0.1) is 5.92 Å². The normalized spacial score (nSPS) is 12.1. The molecule has 1 N–H and O–H groups in total. The topological polar surface area (TPSA) is 59.8 Å². The number of rotatable bonds is 4. The van der Waals surface area contributed by atoms with Gasteiger partial charge in [0.1, 0.15) is 0 Å². The predicted octanol–water partition coefficient (Wildman–Crippen LogP) is 2.08. The van der Waals surface area contributed by atoms with Crippen molar-refractivity contribution < 1.29 is 4.79 Å². The molecule has 0 spiro atoms. The third-order valence-corrected chi connectivity index (χ3v) is 2.93. The second kappa shape index (κ2) is 5.64. The molecule has 1 unspecified atom stereocenters. The lowest BCUT2D eigenvalue weighted by molar-refractivity contribution is -0.118. The summed E-state index contributed by atoms with van der Waals surface area (Å²) in [7, 11) is 0. The molecule has 0 aliphatic heterocycles. The third kappa shape index (κ3) is 2.87. The van der Waals surface area contributed by atoms with E-state index in [1.54, 1.807) is 31.5 Å².